The van der Waals surface area contributed by atoms with Crippen molar-refractivity contribution in [3.05, 3.63) is 30.1 Å². The minimum absolute atomic E-state index is 0.118. The molecule has 1 atom stereocenters. The van der Waals surface area contributed by atoms with Gasteiger partial charge >= 0.3 is 0 Å². The van der Waals surface area contributed by atoms with Crippen LogP contribution in [0.4, 0.5) is 10.1 Å². The Hall–Kier alpha value is -2.11. The van der Waals surface area contributed by atoms with Gasteiger partial charge in [-0.2, -0.15) is 0 Å². The molecule has 0 saturated carbocycles. The molecule has 3 rings (SSSR count). The first-order valence-corrected chi connectivity index (χ1v) is 9.69. The van der Waals surface area contributed by atoms with Crippen molar-refractivity contribution in [1.29, 1.82) is 0 Å². The molecule has 0 aliphatic carbocycles. The Balaban J connectivity index is 1.47. The second kappa shape index (κ2) is 9.01. The Labute approximate surface area is 154 Å². The number of amides is 2. The van der Waals surface area contributed by atoms with Gasteiger partial charge in [0.05, 0.1) is 0 Å². The lowest BCUT2D eigenvalue weighted by atomic mass is 10.0. The van der Waals surface area contributed by atoms with Gasteiger partial charge < -0.3 is 15.1 Å². The van der Waals surface area contributed by atoms with Crippen molar-refractivity contribution in [3.8, 4) is 0 Å². The number of likely N-dealkylation sites (tertiary alicyclic amines) is 2. The molecule has 0 aromatic heterocycles. The van der Waals surface area contributed by atoms with E-state index in [1.165, 1.54) is 12.1 Å². The molecule has 2 amide bonds. The van der Waals surface area contributed by atoms with Gasteiger partial charge in [-0.1, -0.05) is 6.42 Å². The molecule has 0 unspecified atom stereocenters. The zero-order valence-electron chi connectivity index (χ0n) is 15.3. The quantitative estimate of drug-likeness (QED) is 0.877. The minimum Gasteiger partial charge on any atom is -0.381 e. The van der Waals surface area contributed by atoms with E-state index >= 15 is 0 Å². The lowest BCUT2D eigenvalue weighted by Crippen LogP contribution is -2.46. The van der Waals surface area contributed by atoms with Crippen LogP contribution in [0.3, 0.4) is 0 Å². The summed E-state index contributed by atoms with van der Waals surface area (Å²) in [6.45, 7) is 2.74. The van der Waals surface area contributed by atoms with Crippen LogP contribution in [0.15, 0.2) is 24.3 Å². The highest BCUT2D eigenvalue weighted by molar-refractivity contribution is 5.79. The van der Waals surface area contributed by atoms with E-state index in [1.807, 2.05) is 9.80 Å². The minimum atomic E-state index is -0.251. The molecule has 5 nitrogen and oxygen atoms in total. The van der Waals surface area contributed by atoms with Gasteiger partial charge in [-0.25, -0.2) is 4.39 Å². The number of hydrogen-bond donors (Lipinski definition) is 1. The van der Waals surface area contributed by atoms with Crippen LogP contribution in [0.2, 0.25) is 0 Å². The highest BCUT2D eigenvalue weighted by Gasteiger charge is 2.25. The number of benzene rings is 1. The van der Waals surface area contributed by atoms with Gasteiger partial charge in [0.1, 0.15) is 5.82 Å². The van der Waals surface area contributed by atoms with E-state index in [1.54, 1.807) is 12.1 Å². The van der Waals surface area contributed by atoms with Crippen LogP contribution < -0.4 is 5.32 Å². The summed E-state index contributed by atoms with van der Waals surface area (Å²) in [4.78, 5) is 28.4. The molecule has 142 valence electrons. The van der Waals surface area contributed by atoms with Crippen LogP contribution in [0.5, 0.6) is 0 Å². The average Bonchev–Trinajstić information content (AvgIpc) is 2.86. The predicted molar refractivity (Wildman–Crippen MR) is 99.3 cm³/mol. The molecule has 26 heavy (non-hydrogen) atoms. The van der Waals surface area contributed by atoms with E-state index in [2.05, 4.69) is 5.32 Å². The Morgan fingerprint density at radius 2 is 1.92 bits per heavy atom. The van der Waals surface area contributed by atoms with Crippen LogP contribution in [-0.4, -0.2) is 53.8 Å². The molecule has 2 heterocycles. The van der Waals surface area contributed by atoms with Crippen molar-refractivity contribution in [2.75, 3.05) is 31.5 Å². The molecule has 2 saturated heterocycles. The lowest BCUT2D eigenvalue weighted by Gasteiger charge is -2.34. The van der Waals surface area contributed by atoms with Gasteiger partial charge in [0, 0.05) is 50.7 Å². The maximum atomic E-state index is 13.0. The van der Waals surface area contributed by atoms with E-state index < -0.39 is 0 Å². The topological polar surface area (TPSA) is 52.7 Å². The third-order valence-electron chi connectivity index (χ3n) is 5.26. The second-order valence-electron chi connectivity index (χ2n) is 7.27. The van der Waals surface area contributed by atoms with Gasteiger partial charge in [0.25, 0.3) is 0 Å². The third kappa shape index (κ3) is 5.19. The molecule has 0 bridgehead atoms. The molecule has 2 aliphatic rings. The van der Waals surface area contributed by atoms with Gasteiger partial charge in [-0.3, -0.25) is 9.59 Å². The van der Waals surface area contributed by atoms with E-state index in [9.17, 15) is 14.0 Å². The standard InChI is InChI=1S/C20H28FN3O2/c21-16-7-9-17(10-8-16)22-18-5-4-13-24(15-18)20(26)11-14-23-12-3-1-2-6-19(23)25/h7-10,18,22H,1-6,11-15H2/t18-/m0/s1. The summed E-state index contributed by atoms with van der Waals surface area (Å²) in [7, 11) is 0. The SMILES string of the molecule is O=C1CCCCCN1CCC(=O)N1CCC[C@H](Nc2ccc(F)cc2)C1. The second-order valence-corrected chi connectivity index (χ2v) is 7.27. The van der Waals surface area contributed by atoms with Crippen LogP contribution in [-0.2, 0) is 9.59 Å². The zero-order valence-corrected chi connectivity index (χ0v) is 15.3. The van der Waals surface area contributed by atoms with Gasteiger partial charge in [0.2, 0.25) is 11.8 Å². The first-order valence-electron chi connectivity index (χ1n) is 9.69. The van der Waals surface area contributed by atoms with Gasteiger partial charge in [0.15, 0.2) is 0 Å². The van der Waals surface area contributed by atoms with Crippen LogP contribution >= 0.6 is 0 Å². The van der Waals surface area contributed by atoms with Crippen molar-refractivity contribution >= 4 is 17.5 Å². The van der Waals surface area contributed by atoms with E-state index in [0.29, 0.717) is 25.9 Å². The number of nitrogens with one attached hydrogen (secondary N) is 1. The highest BCUT2D eigenvalue weighted by atomic mass is 19.1. The monoisotopic (exact) mass is 361 g/mol. The summed E-state index contributed by atoms with van der Waals surface area (Å²) in [6, 6.07) is 6.50. The molecular weight excluding hydrogens is 333 g/mol. The summed E-state index contributed by atoms with van der Waals surface area (Å²) in [6.07, 6.45) is 6.05. The Morgan fingerprint density at radius 3 is 2.73 bits per heavy atom. The Kier molecular flexibility index (Phi) is 6.47. The number of carbonyl (C=O) groups excluding carboxylic acids is 2. The van der Waals surface area contributed by atoms with Crippen molar-refractivity contribution in [2.24, 2.45) is 0 Å². The molecule has 6 heteroatoms. The van der Waals surface area contributed by atoms with E-state index in [0.717, 1.165) is 50.9 Å². The smallest absolute Gasteiger partial charge is 0.224 e. The van der Waals surface area contributed by atoms with Crippen LogP contribution in [0, 0.1) is 5.82 Å². The number of carbonyl (C=O) groups is 2. The molecule has 0 spiro atoms. The molecule has 0 radical (unpaired) electrons. The maximum Gasteiger partial charge on any atom is 0.224 e. The van der Waals surface area contributed by atoms with Gasteiger partial charge in [-0.15, -0.1) is 0 Å². The molecule has 1 aromatic rings. The van der Waals surface area contributed by atoms with Crippen LogP contribution in [0.25, 0.3) is 0 Å². The fourth-order valence-electron chi connectivity index (χ4n) is 3.77. The number of anilines is 1. The lowest BCUT2D eigenvalue weighted by molar-refractivity contribution is -0.134. The predicted octanol–water partition coefficient (Wildman–Crippen LogP) is 3.02. The van der Waals surface area contributed by atoms with Gasteiger partial charge in [-0.05, 0) is 49.9 Å². The normalized spacial score (nSPS) is 21.4. The number of piperidine rings is 1. The summed E-state index contributed by atoms with van der Waals surface area (Å²) in [5.41, 5.74) is 0.876. The van der Waals surface area contributed by atoms with E-state index in [4.69, 9.17) is 0 Å². The third-order valence-corrected chi connectivity index (χ3v) is 5.26. The maximum absolute atomic E-state index is 13.0. The fourth-order valence-corrected chi connectivity index (χ4v) is 3.77. The van der Waals surface area contributed by atoms with Crippen LogP contribution in [0.1, 0.15) is 44.9 Å². The summed E-state index contributed by atoms with van der Waals surface area (Å²) < 4.78 is 13.0. The Bertz CT molecular complexity index is 620. The van der Waals surface area contributed by atoms with Crippen molar-refractivity contribution < 1.29 is 14.0 Å². The number of nitrogens with zero attached hydrogens (tertiary/aromatic N) is 2. The molecule has 1 N–H and O–H groups in total. The number of hydrogen-bond acceptors (Lipinski definition) is 3. The molecule has 1 aromatic carbocycles. The average molecular weight is 361 g/mol. The fraction of sp³-hybridized carbons (Fsp3) is 0.600. The summed E-state index contributed by atoms with van der Waals surface area (Å²) in [5.74, 6) is 0.0523. The Morgan fingerprint density at radius 1 is 1.12 bits per heavy atom. The highest BCUT2D eigenvalue weighted by Crippen LogP contribution is 2.18. The van der Waals surface area contributed by atoms with E-state index in [-0.39, 0.29) is 23.7 Å². The van der Waals surface area contributed by atoms with Crippen molar-refractivity contribution in [1.82, 2.24) is 9.80 Å². The molecular formula is C20H28FN3O2. The summed E-state index contributed by atoms with van der Waals surface area (Å²) in [5, 5.41) is 3.39. The van der Waals surface area contributed by atoms with Crippen molar-refractivity contribution in [2.45, 2.75) is 51.0 Å². The number of rotatable bonds is 5. The first kappa shape index (κ1) is 18.7. The largest absolute Gasteiger partial charge is 0.381 e. The summed E-state index contributed by atoms with van der Waals surface area (Å²) >= 11 is 0. The number of halogens is 1. The molecule has 2 aliphatic heterocycles. The first-order chi connectivity index (χ1) is 12.6. The zero-order chi connectivity index (χ0) is 18.4. The van der Waals surface area contributed by atoms with Crippen molar-refractivity contribution in [3.63, 3.8) is 0 Å². The molecule has 2 fully saturated rings.